The van der Waals surface area contributed by atoms with E-state index in [4.69, 9.17) is 5.11 Å². The lowest BCUT2D eigenvalue weighted by molar-refractivity contribution is -0.142. The quantitative estimate of drug-likeness (QED) is 0.924. The first-order chi connectivity index (χ1) is 9.49. The number of carbonyl (C=O) groups excluding carboxylic acids is 1. The summed E-state index contributed by atoms with van der Waals surface area (Å²) in [5.41, 5.74) is 0. The van der Waals surface area contributed by atoms with Gasteiger partial charge in [-0.15, -0.1) is 11.3 Å². The highest BCUT2D eigenvalue weighted by Gasteiger charge is 2.37. The minimum atomic E-state index is -0.811. The van der Waals surface area contributed by atoms with E-state index in [1.807, 2.05) is 18.4 Å². The van der Waals surface area contributed by atoms with Gasteiger partial charge in [-0.2, -0.15) is 0 Å². The van der Waals surface area contributed by atoms with Crippen LogP contribution in [0.4, 0.5) is 4.79 Å². The lowest BCUT2D eigenvalue weighted by Gasteiger charge is -2.24. The van der Waals surface area contributed by atoms with Gasteiger partial charge in [0.2, 0.25) is 0 Å². The number of nitrogens with zero attached hydrogens (tertiary/aromatic N) is 2. The van der Waals surface area contributed by atoms with E-state index in [9.17, 15) is 9.59 Å². The zero-order chi connectivity index (χ0) is 14.7. The fraction of sp³-hybridized carbons (Fsp3) is 0.571. The monoisotopic (exact) mass is 296 g/mol. The second-order valence-corrected chi connectivity index (χ2v) is 6.39. The van der Waals surface area contributed by atoms with Crippen LogP contribution >= 0.6 is 11.3 Å². The summed E-state index contributed by atoms with van der Waals surface area (Å²) in [5, 5.41) is 11.1. The van der Waals surface area contributed by atoms with Gasteiger partial charge in [-0.3, -0.25) is 4.79 Å². The molecule has 2 atom stereocenters. The van der Waals surface area contributed by atoms with E-state index in [-0.39, 0.29) is 11.9 Å². The van der Waals surface area contributed by atoms with Crippen LogP contribution < -0.4 is 0 Å². The van der Waals surface area contributed by atoms with Crippen LogP contribution in [0.5, 0.6) is 0 Å². The van der Waals surface area contributed by atoms with Crippen LogP contribution in [0.25, 0.3) is 0 Å². The Hall–Kier alpha value is -1.56. The largest absolute Gasteiger partial charge is 0.481 e. The first-order valence-corrected chi connectivity index (χ1v) is 7.62. The minimum absolute atomic E-state index is 0.0159. The third-order valence-electron chi connectivity index (χ3n) is 3.80. The highest BCUT2D eigenvalue weighted by molar-refractivity contribution is 7.09. The van der Waals surface area contributed by atoms with E-state index in [1.165, 1.54) is 4.88 Å². The molecule has 0 saturated carbocycles. The molecule has 2 unspecified atom stereocenters. The number of hydrogen-bond acceptors (Lipinski definition) is 3. The Balaban J connectivity index is 1.86. The smallest absolute Gasteiger partial charge is 0.319 e. The van der Waals surface area contributed by atoms with Crippen LogP contribution in [-0.2, 0) is 11.2 Å². The molecule has 6 heteroatoms. The van der Waals surface area contributed by atoms with Crippen molar-refractivity contribution >= 4 is 23.3 Å². The molecule has 0 aliphatic carbocycles. The molecule has 1 aliphatic heterocycles. The van der Waals surface area contributed by atoms with E-state index in [2.05, 4.69) is 6.07 Å². The SMILES string of the molecule is CC1CN(C(=O)N(C)CCc2cccs2)CC1C(=O)O. The number of hydrogen-bond donors (Lipinski definition) is 1. The van der Waals surface area contributed by atoms with Crippen molar-refractivity contribution in [2.45, 2.75) is 13.3 Å². The van der Waals surface area contributed by atoms with Crippen molar-refractivity contribution in [2.24, 2.45) is 11.8 Å². The van der Waals surface area contributed by atoms with Crippen molar-refractivity contribution in [3.05, 3.63) is 22.4 Å². The molecule has 1 aromatic rings. The Morgan fingerprint density at radius 3 is 2.80 bits per heavy atom. The number of thiophene rings is 1. The number of urea groups is 1. The first kappa shape index (κ1) is 14.8. The van der Waals surface area contributed by atoms with Crippen molar-refractivity contribution in [3.63, 3.8) is 0 Å². The van der Waals surface area contributed by atoms with Gasteiger partial charge in [-0.05, 0) is 23.8 Å². The molecule has 1 saturated heterocycles. The number of carbonyl (C=O) groups is 2. The fourth-order valence-electron chi connectivity index (χ4n) is 2.51. The molecule has 2 rings (SSSR count). The molecule has 5 nitrogen and oxygen atoms in total. The molecule has 0 aromatic carbocycles. The lowest BCUT2D eigenvalue weighted by Crippen LogP contribution is -2.41. The van der Waals surface area contributed by atoms with Crippen molar-refractivity contribution in [1.29, 1.82) is 0 Å². The highest BCUT2D eigenvalue weighted by Crippen LogP contribution is 2.24. The van der Waals surface area contributed by atoms with Gasteiger partial charge in [0.25, 0.3) is 0 Å². The maximum atomic E-state index is 12.3. The third kappa shape index (κ3) is 3.30. The summed E-state index contributed by atoms with van der Waals surface area (Å²) in [4.78, 5) is 27.9. The molecule has 20 heavy (non-hydrogen) atoms. The molecule has 110 valence electrons. The normalized spacial score (nSPS) is 22.0. The summed E-state index contributed by atoms with van der Waals surface area (Å²) in [6, 6.07) is 3.99. The van der Waals surface area contributed by atoms with Crippen LogP contribution in [0.1, 0.15) is 11.8 Å². The molecule has 1 fully saturated rings. The van der Waals surface area contributed by atoms with Gasteiger partial charge in [0.1, 0.15) is 0 Å². The molecular formula is C14H20N2O3S. The van der Waals surface area contributed by atoms with Gasteiger partial charge in [-0.25, -0.2) is 4.79 Å². The Bertz CT molecular complexity index is 475. The summed E-state index contributed by atoms with van der Waals surface area (Å²) in [7, 11) is 1.77. The number of carboxylic acid groups (broad SMARTS) is 1. The zero-order valence-corrected chi connectivity index (χ0v) is 12.6. The van der Waals surface area contributed by atoms with Gasteiger partial charge in [-0.1, -0.05) is 13.0 Å². The van der Waals surface area contributed by atoms with Crippen LogP contribution in [0, 0.1) is 11.8 Å². The lowest BCUT2D eigenvalue weighted by atomic mass is 9.99. The van der Waals surface area contributed by atoms with Gasteiger partial charge in [0.15, 0.2) is 0 Å². The second-order valence-electron chi connectivity index (χ2n) is 5.36. The summed E-state index contributed by atoms with van der Waals surface area (Å²) in [5.74, 6) is -1.24. The number of carboxylic acids is 1. The number of rotatable bonds is 4. The molecule has 1 N–H and O–H groups in total. The molecule has 0 bridgehead atoms. The molecule has 1 aliphatic rings. The number of likely N-dealkylation sites (N-methyl/N-ethyl adjacent to an activating group) is 1. The van der Waals surface area contributed by atoms with Gasteiger partial charge in [0, 0.05) is 31.6 Å². The Morgan fingerprint density at radius 1 is 1.50 bits per heavy atom. The Labute approximate surface area is 122 Å². The number of amides is 2. The Kier molecular flexibility index (Phi) is 4.65. The Morgan fingerprint density at radius 2 is 2.25 bits per heavy atom. The minimum Gasteiger partial charge on any atom is -0.481 e. The highest BCUT2D eigenvalue weighted by atomic mass is 32.1. The van der Waals surface area contributed by atoms with Crippen LogP contribution in [-0.4, -0.2) is 53.6 Å². The van der Waals surface area contributed by atoms with E-state index >= 15 is 0 Å². The topological polar surface area (TPSA) is 60.9 Å². The predicted molar refractivity (Wildman–Crippen MR) is 77.9 cm³/mol. The van der Waals surface area contributed by atoms with Crippen LogP contribution in [0.3, 0.4) is 0 Å². The van der Waals surface area contributed by atoms with Gasteiger partial charge < -0.3 is 14.9 Å². The fourth-order valence-corrected chi connectivity index (χ4v) is 3.21. The molecular weight excluding hydrogens is 276 g/mol. The summed E-state index contributed by atoms with van der Waals surface area (Å²) < 4.78 is 0. The van der Waals surface area contributed by atoms with Crippen molar-refractivity contribution in [2.75, 3.05) is 26.7 Å². The van der Waals surface area contributed by atoms with E-state index in [1.54, 1.807) is 28.2 Å². The molecule has 1 aromatic heterocycles. The second kappa shape index (κ2) is 6.26. The zero-order valence-electron chi connectivity index (χ0n) is 11.8. The van der Waals surface area contributed by atoms with Gasteiger partial charge >= 0.3 is 12.0 Å². The average Bonchev–Trinajstić information content (AvgIpc) is 3.04. The van der Waals surface area contributed by atoms with E-state index < -0.39 is 11.9 Å². The maximum Gasteiger partial charge on any atom is 0.319 e. The number of likely N-dealkylation sites (tertiary alicyclic amines) is 1. The van der Waals surface area contributed by atoms with E-state index in [0.717, 1.165) is 6.42 Å². The third-order valence-corrected chi connectivity index (χ3v) is 4.74. The maximum absolute atomic E-state index is 12.3. The van der Waals surface area contributed by atoms with E-state index in [0.29, 0.717) is 19.6 Å². The van der Waals surface area contributed by atoms with Crippen LogP contribution in [0.2, 0.25) is 0 Å². The molecule has 0 spiro atoms. The standard InChI is InChI=1S/C14H20N2O3S/c1-10-8-16(9-12(10)13(17)18)14(19)15(2)6-5-11-4-3-7-20-11/h3-4,7,10,12H,5-6,8-9H2,1-2H3,(H,17,18). The number of aliphatic carboxylic acids is 1. The molecule has 2 amide bonds. The van der Waals surface area contributed by atoms with Crippen molar-refractivity contribution < 1.29 is 14.7 Å². The molecule has 0 radical (unpaired) electrons. The van der Waals surface area contributed by atoms with Crippen molar-refractivity contribution in [3.8, 4) is 0 Å². The summed E-state index contributed by atoms with van der Waals surface area (Å²) in [6.45, 7) is 3.39. The molecule has 2 heterocycles. The predicted octanol–water partition coefficient (Wildman–Crippen LogP) is 1.99. The average molecular weight is 296 g/mol. The van der Waals surface area contributed by atoms with Crippen LogP contribution in [0.15, 0.2) is 17.5 Å². The van der Waals surface area contributed by atoms with Crippen molar-refractivity contribution in [1.82, 2.24) is 9.80 Å². The summed E-state index contributed by atoms with van der Waals surface area (Å²) in [6.07, 6.45) is 0.839. The first-order valence-electron chi connectivity index (χ1n) is 6.74. The van der Waals surface area contributed by atoms with Gasteiger partial charge in [0.05, 0.1) is 5.92 Å². The summed E-state index contributed by atoms with van der Waals surface area (Å²) >= 11 is 1.68.